The monoisotopic (exact) mass is 438 g/mol. The second-order valence-electron chi connectivity index (χ2n) is 7.79. The number of hydrogen-bond acceptors (Lipinski definition) is 4. The molecular weight excluding hydrogens is 395 g/mol. The molecular formula is C22H44ClO4P. The molecule has 6 heteroatoms. The summed E-state index contributed by atoms with van der Waals surface area (Å²) < 4.78 is 20.7. The van der Waals surface area contributed by atoms with Crippen molar-refractivity contribution in [2.75, 3.05) is 13.7 Å². The van der Waals surface area contributed by atoms with Crippen LogP contribution in [0.5, 0.6) is 0 Å². The average molecular weight is 439 g/mol. The normalized spacial score (nSPS) is 13.4. The van der Waals surface area contributed by atoms with Gasteiger partial charge in [0.25, 0.3) is 0 Å². The van der Waals surface area contributed by atoms with Crippen LogP contribution in [0.3, 0.4) is 0 Å². The summed E-state index contributed by atoms with van der Waals surface area (Å²) in [6.45, 7) is -1.21. The Morgan fingerprint density at radius 3 is 1.32 bits per heavy atom. The molecule has 0 radical (unpaired) electrons. The second kappa shape index (κ2) is 20.2. The van der Waals surface area contributed by atoms with E-state index in [1.165, 1.54) is 96.3 Å². The Labute approximate surface area is 178 Å². The van der Waals surface area contributed by atoms with Crippen LogP contribution in [-0.4, -0.2) is 19.4 Å². The highest BCUT2D eigenvalue weighted by Gasteiger charge is 2.30. The fraction of sp³-hybridized carbons (Fsp3) is 0.955. The van der Waals surface area contributed by atoms with E-state index in [0.717, 1.165) is 26.4 Å². The molecule has 0 aromatic rings. The van der Waals surface area contributed by atoms with Gasteiger partial charge in [-0.3, -0.25) is 4.57 Å². The van der Waals surface area contributed by atoms with E-state index in [4.69, 9.17) is 16.0 Å². The maximum absolute atomic E-state index is 11.4. The van der Waals surface area contributed by atoms with Gasteiger partial charge in [-0.2, -0.15) is 0 Å². The molecule has 0 aromatic carbocycles. The van der Waals surface area contributed by atoms with Crippen molar-refractivity contribution in [2.24, 2.45) is 0 Å². The first kappa shape index (κ1) is 27.9. The predicted octanol–water partition coefficient (Wildman–Crippen LogP) is 9.24. The molecule has 0 saturated carbocycles. The van der Waals surface area contributed by atoms with Crippen LogP contribution in [0.15, 0.2) is 0 Å². The number of carbonyl (C=O) groups is 1. The predicted molar refractivity (Wildman–Crippen MR) is 121 cm³/mol. The highest BCUT2D eigenvalue weighted by molar-refractivity contribution is 7.97. The van der Waals surface area contributed by atoms with Gasteiger partial charge in [0.15, 0.2) is 0 Å². The Kier molecular flexibility index (Phi) is 20.2. The quantitative estimate of drug-likeness (QED) is 0.132. The minimum atomic E-state index is -3.75. The molecule has 4 nitrogen and oxygen atoms in total. The third-order valence-electron chi connectivity index (χ3n) is 5.18. The molecule has 1 unspecified atom stereocenters. The van der Waals surface area contributed by atoms with Crippen LogP contribution in [0, 0.1) is 0 Å². The van der Waals surface area contributed by atoms with Gasteiger partial charge in [-0.1, -0.05) is 116 Å². The second-order valence-corrected chi connectivity index (χ2v) is 10.8. The van der Waals surface area contributed by atoms with Crippen molar-refractivity contribution in [3.05, 3.63) is 0 Å². The Bertz CT molecular complexity index is 404. The van der Waals surface area contributed by atoms with Gasteiger partial charge in [0, 0.05) is 7.11 Å². The molecule has 0 fully saturated rings. The van der Waals surface area contributed by atoms with Crippen molar-refractivity contribution in [2.45, 2.75) is 122 Å². The van der Waals surface area contributed by atoms with Gasteiger partial charge >= 0.3 is 12.4 Å². The maximum Gasteiger partial charge on any atom is 0.407 e. The van der Waals surface area contributed by atoms with Crippen LogP contribution in [0.25, 0.3) is 0 Å². The van der Waals surface area contributed by atoms with E-state index in [-0.39, 0.29) is 6.61 Å². The zero-order chi connectivity index (χ0) is 20.9. The molecule has 0 rings (SSSR count). The summed E-state index contributed by atoms with van der Waals surface area (Å²) in [5.74, 6) is 0. The lowest BCUT2D eigenvalue weighted by Crippen LogP contribution is -2.03. The SMILES string of the molecule is CCCCCCCCCCCCCCCCCCCCOC(=O)P(=O)(Cl)OC. The van der Waals surface area contributed by atoms with Crippen molar-refractivity contribution < 1.29 is 18.6 Å². The third-order valence-corrected chi connectivity index (χ3v) is 7.04. The van der Waals surface area contributed by atoms with Gasteiger partial charge in [-0.15, -0.1) is 0 Å². The smallest absolute Gasteiger partial charge is 0.407 e. The summed E-state index contributed by atoms with van der Waals surface area (Å²) in [7, 11) is 1.14. The van der Waals surface area contributed by atoms with E-state index in [1.807, 2.05) is 0 Å². The number of rotatable bonds is 21. The van der Waals surface area contributed by atoms with Crippen LogP contribution in [0.2, 0.25) is 0 Å². The van der Waals surface area contributed by atoms with Crippen LogP contribution >= 0.6 is 18.0 Å². The molecule has 0 aromatic heterocycles. The topological polar surface area (TPSA) is 52.6 Å². The molecule has 28 heavy (non-hydrogen) atoms. The summed E-state index contributed by atoms with van der Waals surface area (Å²) in [6, 6.07) is 0. The molecule has 168 valence electrons. The largest absolute Gasteiger partial charge is 0.458 e. The van der Waals surface area contributed by atoms with Crippen LogP contribution in [-0.2, 0) is 13.8 Å². The lowest BCUT2D eigenvalue weighted by Gasteiger charge is -2.08. The Morgan fingerprint density at radius 1 is 0.679 bits per heavy atom. The number of carbonyl (C=O) groups excluding carboxylic acids is 1. The minimum absolute atomic E-state index is 0.262. The Morgan fingerprint density at radius 2 is 1.00 bits per heavy atom. The summed E-state index contributed by atoms with van der Waals surface area (Å²) in [5.41, 5.74) is -0.941. The molecule has 0 saturated heterocycles. The first-order chi connectivity index (χ1) is 13.5. The summed E-state index contributed by atoms with van der Waals surface area (Å²) in [5, 5.41) is 0. The van der Waals surface area contributed by atoms with Crippen molar-refractivity contribution in [1.29, 1.82) is 0 Å². The van der Waals surface area contributed by atoms with E-state index in [1.54, 1.807) is 0 Å². The molecule has 1 atom stereocenters. The molecule has 0 N–H and O–H groups in total. The van der Waals surface area contributed by atoms with E-state index in [0.29, 0.717) is 0 Å². The molecule has 0 spiro atoms. The van der Waals surface area contributed by atoms with E-state index >= 15 is 0 Å². The summed E-state index contributed by atoms with van der Waals surface area (Å²) >= 11 is 5.42. The first-order valence-electron chi connectivity index (χ1n) is 11.6. The standard InChI is InChI=1S/C22H44ClO4P/c1-3-4-5-6-7-8-9-10-11-12-13-14-15-16-17-18-19-20-21-27-22(24)28(23,25)26-2/h3-21H2,1-2H3. The summed E-state index contributed by atoms with van der Waals surface area (Å²) in [4.78, 5) is 11.3. The molecule has 0 aliphatic rings. The van der Waals surface area contributed by atoms with Gasteiger partial charge in [0.2, 0.25) is 0 Å². The van der Waals surface area contributed by atoms with E-state index in [9.17, 15) is 9.36 Å². The number of ether oxygens (including phenoxy) is 1. The Hall–Kier alpha value is -0.0500. The minimum Gasteiger partial charge on any atom is -0.458 e. The van der Waals surface area contributed by atoms with Crippen LogP contribution < -0.4 is 0 Å². The van der Waals surface area contributed by atoms with Crippen LogP contribution in [0.1, 0.15) is 122 Å². The van der Waals surface area contributed by atoms with Gasteiger partial charge in [0.05, 0.1) is 6.61 Å². The molecule has 0 amide bonds. The average Bonchev–Trinajstić information content (AvgIpc) is 2.69. The Balaban J connectivity index is 3.16. The number of hydrogen-bond donors (Lipinski definition) is 0. The number of halogens is 1. The highest BCUT2D eigenvalue weighted by atomic mass is 35.7. The number of unbranched alkanes of at least 4 members (excludes halogenated alkanes) is 17. The van der Waals surface area contributed by atoms with Gasteiger partial charge in [-0.25, -0.2) is 4.79 Å². The van der Waals surface area contributed by atoms with Gasteiger partial charge in [0.1, 0.15) is 0 Å². The van der Waals surface area contributed by atoms with E-state index in [2.05, 4.69) is 11.4 Å². The van der Waals surface area contributed by atoms with Crippen molar-refractivity contribution >= 4 is 23.7 Å². The van der Waals surface area contributed by atoms with Crippen molar-refractivity contribution in [1.82, 2.24) is 0 Å². The van der Waals surface area contributed by atoms with Gasteiger partial charge in [-0.05, 0) is 17.7 Å². The third kappa shape index (κ3) is 18.0. The lowest BCUT2D eigenvalue weighted by molar-refractivity contribution is 0.165. The van der Waals surface area contributed by atoms with Crippen molar-refractivity contribution in [3.8, 4) is 0 Å². The first-order valence-corrected chi connectivity index (χ1v) is 14.1. The van der Waals surface area contributed by atoms with Crippen molar-refractivity contribution in [3.63, 3.8) is 0 Å². The molecule has 0 aliphatic heterocycles. The van der Waals surface area contributed by atoms with Crippen LogP contribution in [0.4, 0.5) is 4.79 Å². The zero-order valence-corrected chi connectivity index (χ0v) is 20.0. The fourth-order valence-electron chi connectivity index (χ4n) is 3.31. The summed E-state index contributed by atoms with van der Waals surface area (Å²) in [6.07, 6.45) is 23.7. The zero-order valence-electron chi connectivity index (χ0n) is 18.4. The van der Waals surface area contributed by atoms with E-state index < -0.39 is 12.4 Å². The maximum atomic E-state index is 11.4. The fourth-order valence-corrected chi connectivity index (χ4v) is 3.86. The van der Waals surface area contributed by atoms with Gasteiger partial charge < -0.3 is 9.26 Å². The molecule has 0 aliphatic carbocycles. The lowest BCUT2D eigenvalue weighted by atomic mass is 10.0. The molecule has 0 heterocycles. The highest BCUT2D eigenvalue weighted by Crippen LogP contribution is 2.53. The molecule has 0 bridgehead atoms.